The van der Waals surface area contributed by atoms with Crippen LogP contribution in [0.5, 0.6) is 0 Å². The van der Waals surface area contributed by atoms with Crippen molar-refractivity contribution in [3.63, 3.8) is 0 Å². The maximum Gasteiger partial charge on any atom is 0.278 e. The molecule has 0 saturated heterocycles. The zero-order chi connectivity index (χ0) is 9.61. The Morgan fingerprint density at radius 3 is 2.42 bits per heavy atom. The van der Waals surface area contributed by atoms with E-state index < -0.39 is 10.2 Å². The second-order valence-corrected chi connectivity index (χ2v) is 4.51. The molecule has 0 rings (SSSR count). The second-order valence-electron chi connectivity index (χ2n) is 2.54. The summed E-state index contributed by atoms with van der Waals surface area (Å²) in [5.74, 6) is 0. The minimum atomic E-state index is -3.23. The Kier molecular flexibility index (Phi) is 5.12. The average Bonchev–Trinajstić information content (AvgIpc) is 1.98. The maximum absolute atomic E-state index is 11.1. The number of allylic oxidation sites excluding steroid dienone is 1. The van der Waals surface area contributed by atoms with Gasteiger partial charge in [0.15, 0.2) is 0 Å². The van der Waals surface area contributed by atoms with Gasteiger partial charge in [0.2, 0.25) is 0 Å². The van der Waals surface area contributed by atoms with E-state index in [1.54, 1.807) is 0 Å². The van der Waals surface area contributed by atoms with Crippen LogP contribution < -0.4 is 4.72 Å². The monoisotopic (exact) mass is 192 g/mol. The Labute approximate surface area is 74.4 Å². The molecular weight excluding hydrogens is 176 g/mol. The highest BCUT2D eigenvalue weighted by Crippen LogP contribution is 1.88. The highest BCUT2D eigenvalue weighted by atomic mass is 32.2. The number of hydrogen-bond acceptors (Lipinski definition) is 2. The molecule has 5 heteroatoms. The largest absolute Gasteiger partial charge is 0.278 e. The van der Waals surface area contributed by atoms with Gasteiger partial charge in [-0.25, -0.2) is 4.72 Å². The van der Waals surface area contributed by atoms with Gasteiger partial charge in [-0.15, -0.1) is 0 Å². The van der Waals surface area contributed by atoms with Crippen molar-refractivity contribution in [1.82, 2.24) is 9.03 Å². The fourth-order valence-electron chi connectivity index (χ4n) is 0.567. The number of nitrogens with one attached hydrogen (secondary N) is 1. The Morgan fingerprint density at radius 2 is 2.00 bits per heavy atom. The van der Waals surface area contributed by atoms with Crippen LogP contribution in [0.3, 0.4) is 0 Å². The minimum Gasteiger partial charge on any atom is -0.202 e. The molecule has 0 aromatic heterocycles. The first-order valence-electron chi connectivity index (χ1n) is 3.79. The molecule has 0 aromatic rings. The van der Waals surface area contributed by atoms with Crippen molar-refractivity contribution < 1.29 is 8.42 Å². The maximum atomic E-state index is 11.1. The van der Waals surface area contributed by atoms with E-state index in [2.05, 4.69) is 4.72 Å². The van der Waals surface area contributed by atoms with Crippen LogP contribution in [-0.4, -0.2) is 33.4 Å². The van der Waals surface area contributed by atoms with Crippen LogP contribution in [0.15, 0.2) is 12.2 Å². The standard InChI is InChI=1S/C7H16N2O2S/c1-4-5-6-7-8-12(10,11)9(2)3/h4-5,8H,6-7H2,1-3H3/b5-4+. The first-order chi connectivity index (χ1) is 5.50. The van der Waals surface area contributed by atoms with Gasteiger partial charge in [0.1, 0.15) is 0 Å². The van der Waals surface area contributed by atoms with Gasteiger partial charge in [-0.05, 0) is 13.3 Å². The summed E-state index contributed by atoms with van der Waals surface area (Å²) in [6.45, 7) is 2.35. The third-order valence-corrected chi connectivity index (χ3v) is 2.84. The number of nitrogens with zero attached hydrogens (tertiary/aromatic N) is 1. The Hall–Kier alpha value is -0.390. The van der Waals surface area contributed by atoms with Crippen molar-refractivity contribution in [2.75, 3.05) is 20.6 Å². The molecule has 0 aliphatic carbocycles. The van der Waals surface area contributed by atoms with Crippen molar-refractivity contribution in [1.29, 1.82) is 0 Å². The van der Waals surface area contributed by atoms with Crippen LogP contribution in [0.1, 0.15) is 13.3 Å². The highest BCUT2D eigenvalue weighted by molar-refractivity contribution is 7.87. The summed E-state index contributed by atoms with van der Waals surface area (Å²) in [6.07, 6.45) is 4.53. The first kappa shape index (κ1) is 11.6. The molecule has 0 amide bonds. The van der Waals surface area contributed by atoms with Crippen molar-refractivity contribution in [3.8, 4) is 0 Å². The molecule has 0 aliphatic heterocycles. The lowest BCUT2D eigenvalue weighted by molar-refractivity contribution is 0.506. The zero-order valence-electron chi connectivity index (χ0n) is 7.74. The lowest BCUT2D eigenvalue weighted by atomic mass is 10.4. The SMILES string of the molecule is C/C=C/CCNS(=O)(=O)N(C)C. The van der Waals surface area contributed by atoms with Crippen LogP contribution in [0.2, 0.25) is 0 Å². The predicted molar refractivity (Wildman–Crippen MR) is 50.0 cm³/mol. The van der Waals surface area contributed by atoms with E-state index in [4.69, 9.17) is 0 Å². The molecular formula is C7H16N2O2S. The van der Waals surface area contributed by atoms with Gasteiger partial charge in [0.05, 0.1) is 0 Å². The summed E-state index contributed by atoms with van der Waals surface area (Å²) in [6, 6.07) is 0. The van der Waals surface area contributed by atoms with E-state index in [1.165, 1.54) is 14.1 Å². The van der Waals surface area contributed by atoms with Gasteiger partial charge in [-0.2, -0.15) is 12.7 Å². The molecule has 0 heterocycles. The molecule has 0 atom stereocenters. The molecule has 4 nitrogen and oxygen atoms in total. The molecule has 1 N–H and O–H groups in total. The summed E-state index contributed by atoms with van der Waals surface area (Å²) in [7, 11) is -0.233. The van der Waals surface area contributed by atoms with Crippen LogP contribution in [-0.2, 0) is 10.2 Å². The molecule has 0 aliphatic rings. The summed E-state index contributed by atoms with van der Waals surface area (Å²) in [5, 5.41) is 0. The molecule has 0 unspecified atom stereocenters. The smallest absolute Gasteiger partial charge is 0.202 e. The van der Waals surface area contributed by atoms with Crippen molar-refractivity contribution in [2.45, 2.75) is 13.3 Å². The second kappa shape index (κ2) is 5.29. The molecule has 72 valence electrons. The van der Waals surface area contributed by atoms with Gasteiger partial charge in [-0.1, -0.05) is 12.2 Å². The van der Waals surface area contributed by atoms with Gasteiger partial charge in [-0.3, -0.25) is 0 Å². The fourth-order valence-corrected chi connectivity index (χ4v) is 1.20. The van der Waals surface area contributed by atoms with Crippen LogP contribution in [0.25, 0.3) is 0 Å². The lowest BCUT2D eigenvalue weighted by Gasteiger charge is -2.10. The summed E-state index contributed by atoms with van der Waals surface area (Å²) < 4.78 is 25.8. The van der Waals surface area contributed by atoms with Crippen LogP contribution in [0.4, 0.5) is 0 Å². The van der Waals surface area contributed by atoms with Crippen LogP contribution >= 0.6 is 0 Å². The van der Waals surface area contributed by atoms with E-state index in [0.717, 1.165) is 10.7 Å². The molecule has 0 bridgehead atoms. The highest BCUT2D eigenvalue weighted by Gasteiger charge is 2.10. The van der Waals surface area contributed by atoms with Gasteiger partial charge in [0.25, 0.3) is 10.2 Å². The van der Waals surface area contributed by atoms with Crippen molar-refractivity contribution in [2.24, 2.45) is 0 Å². The van der Waals surface area contributed by atoms with Gasteiger partial charge < -0.3 is 0 Å². The summed E-state index contributed by atoms with van der Waals surface area (Å²) in [4.78, 5) is 0. The van der Waals surface area contributed by atoms with Crippen molar-refractivity contribution in [3.05, 3.63) is 12.2 Å². The topological polar surface area (TPSA) is 49.4 Å². The van der Waals surface area contributed by atoms with E-state index in [-0.39, 0.29) is 0 Å². The van der Waals surface area contributed by atoms with Crippen LogP contribution in [0, 0.1) is 0 Å². The first-order valence-corrected chi connectivity index (χ1v) is 5.23. The number of rotatable bonds is 5. The van der Waals surface area contributed by atoms with E-state index in [9.17, 15) is 8.42 Å². The predicted octanol–water partition coefficient (Wildman–Crippen LogP) is 0.349. The van der Waals surface area contributed by atoms with E-state index in [1.807, 2.05) is 19.1 Å². The lowest BCUT2D eigenvalue weighted by Crippen LogP contribution is -2.35. The normalized spacial score (nSPS) is 13.0. The van der Waals surface area contributed by atoms with E-state index >= 15 is 0 Å². The number of hydrogen-bond donors (Lipinski definition) is 1. The molecule has 0 fully saturated rings. The third kappa shape index (κ3) is 4.48. The average molecular weight is 192 g/mol. The summed E-state index contributed by atoms with van der Waals surface area (Å²) in [5.41, 5.74) is 0. The minimum absolute atomic E-state index is 0.449. The Morgan fingerprint density at radius 1 is 1.42 bits per heavy atom. The van der Waals surface area contributed by atoms with Gasteiger partial charge >= 0.3 is 0 Å². The molecule has 0 spiro atoms. The van der Waals surface area contributed by atoms with E-state index in [0.29, 0.717) is 6.54 Å². The third-order valence-electron chi connectivity index (χ3n) is 1.31. The molecule has 0 aromatic carbocycles. The Balaban J connectivity index is 3.78. The summed E-state index contributed by atoms with van der Waals surface area (Å²) >= 11 is 0. The molecule has 12 heavy (non-hydrogen) atoms. The quantitative estimate of drug-likeness (QED) is 0.504. The fraction of sp³-hybridized carbons (Fsp3) is 0.714. The zero-order valence-corrected chi connectivity index (χ0v) is 8.56. The molecule has 0 radical (unpaired) electrons. The van der Waals surface area contributed by atoms with Gasteiger partial charge in [0, 0.05) is 20.6 Å². The molecule has 0 saturated carbocycles. The van der Waals surface area contributed by atoms with Crippen molar-refractivity contribution >= 4 is 10.2 Å². The Bertz CT molecular complexity index is 232.